The van der Waals surface area contributed by atoms with Gasteiger partial charge in [-0.15, -0.1) is 0 Å². The van der Waals surface area contributed by atoms with Gasteiger partial charge in [-0.05, 0) is 19.5 Å². The normalized spacial score (nSPS) is 24.1. The van der Waals surface area contributed by atoms with Gasteiger partial charge >= 0.3 is 0 Å². The van der Waals surface area contributed by atoms with Crippen molar-refractivity contribution in [3.63, 3.8) is 0 Å². The zero-order chi connectivity index (χ0) is 17.3. The first-order valence-electron chi connectivity index (χ1n) is 8.10. The minimum Gasteiger partial charge on any atom is -0.338 e. The lowest BCUT2D eigenvalue weighted by Crippen LogP contribution is -2.45. The van der Waals surface area contributed by atoms with E-state index < -0.39 is 9.84 Å². The highest BCUT2D eigenvalue weighted by Crippen LogP contribution is 2.19. The third-order valence-electron chi connectivity index (χ3n) is 4.72. The quantitative estimate of drug-likeness (QED) is 0.723. The van der Waals surface area contributed by atoms with Gasteiger partial charge in [0.15, 0.2) is 9.84 Å². The van der Waals surface area contributed by atoms with Crippen LogP contribution in [-0.2, 0) is 9.84 Å². The molecule has 0 radical (unpaired) electrons. The molecule has 0 saturated carbocycles. The van der Waals surface area contributed by atoms with Crippen molar-refractivity contribution in [3.05, 3.63) is 18.0 Å². The number of rotatable bonds is 3. The van der Waals surface area contributed by atoms with Crippen LogP contribution in [0.2, 0.25) is 0 Å². The van der Waals surface area contributed by atoms with Crippen LogP contribution in [0, 0.1) is 0 Å². The number of aromatic nitrogens is 2. The number of nitrogens with zero attached hydrogens (tertiary/aromatic N) is 5. The Morgan fingerprint density at radius 2 is 2.00 bits per heavy atom. The fourth-order valence-corrected chi connectivity index (χ4v) is 4.83. The van der Waals surface area contributed by atoms with Gasteiger partial charge in [0.2, 0.25) is 5.95 Å². The molecule has 8 nitrogen and oxygen atoms in total. The van der Waals surface area contributed by atoms with E-state index in [-0.39, 0.29) is 23.5 Å². The van der Waals surface area contributed by atoms with Gasteiger partial charge in [0.25, 0.3) is 5.91 Å². The molecule has 1 amide bonds. The topological polar surface area (TPSA) is 86.7 Å². The van der Waals surface area contributed by atoms with Gasteiger partial charge in [0, 0.05) is 45.5 Å². The Balaban J connectivity index is 1.72. The van der Waals surface area contributed by atoms with Crippen LogP contribution >= 0.6 is 0 Å². The Bertz CT molecular complexity index is 716. The molecule has 0 bridgehead atoms. The molecule has 1 unspecified atom stereocenters. The van der Waals surface area contributed by atoms with E-state index >= 15 is 0 Å². The van der Waals surface area contributed by atoms with Crippen molar-refractivity contribution in [1.82, 2.24) is 19.8 Å². The van der Waals surface area contributed by atoms with Gasteiger partial charge < -0.3 is 14.7 Å². The number of carbonyl (C=O) groups is 1. The molecule has 3 heterocycles. The summed E-state index contributed by atoms with van der Waals surface area (Å²) in [5, 5.41) is 0. The van der Waals surface area contributed by atoms with E-state index in [4.69, 9.17) is 0 Å². The maximum absolute atomic E-state index is 12.6. The molecule has 132 valence electrons. The summed E-state index contributed by atoms with van der Waals surface area (Å²) in [5.41, 5.74) is 0.311. The highest BCUT2D eigenvalue weighted by atomic mass is 32.2. The summed E-state index contributed by atoms with van der Waals surface area (Å²) in [5.74, 6) is 0.480. The molecule has 9 heteroatoms. The van der Waals surface area contributed by atoms with E-state index in [9.17, 15) is 13.2 Å². The number of likely N-dealkylation sites (N-methyl/N-ethyl adjacent to an activating group) is 1. The van der Waals surface area contributed by atoms with Gasteiger partial charge in [0.05, 0.1) is 11.5 Å². The number of hydrogen-bond donors (Lipinski definition) is 0. The molecule has 2 aliphatic heterocycles. The Morgan fingerprint density at radius 1 is 1.29 bits per heavy atom. The van der Waals surface area contributed by atoms with Crippen molar-refractivity contribution in [2.75, 3.05) is 56.7 Å². The zero-order valence-electron chi connectivity index (χ0n) is 14.1. The van der Waals surface area contributed by atoms with Crippen molar-refractivity contribution >= 4 is 21.7 Å². The lowest BCUT2D eigenvalue weighted by molar-refractivity contribution is 0.0741. The molecule has 1 atom stereocenters. The van der Waals surface area contributed by atoms with Gasteiger partial charge in [-0.3, -0.25) is 4.79 Å². The summed E-state index contributed by atoms with van der Waals surface area (Å²) in [7, 11) is 0.690. The van der Waals surface area contributed by atoms with Crippen LogP contribution in [-0.4, -0.2) is 91.9 Å². The molecule has 1 aromatic rings. The summed E-state index contributed by atoms with van der Waals surface area (Å²) in [6.45, 7) is 3.51. The van der Waals surface area contributed by atoms with Gasteiger partial charge in [0.1, 0.15) is 5.69 Å². The lowest BCUT2D eigenvalue weighted by atomic mass is 10.2. The molecule has 0 spiro atoms. The van der Waals surface area contributed by atoms with Crippen molar-refractivity contribution in [3.8, 4) is 0 Å². The number of piperazine rings is 1. The third kappa shape index (κ3) is 3.67. The molecule has 0 N–H and O–H groups in total. The fourth-order valence-electron chi connectivity index (χ4n) is 3.05. The molecular weight excluding hydrogens is 330 g/mol. The molecule has 2 aliphatic rings. The highest BCUT2D eigenvalue weighted by molar-refractivity contribution is 7.91. The number of amides is 1. The summed E-state index contributed by atoms with van der Waals surface area (Å²) < 4.78 is 23.2. The van der Waals surface area contributed by atoms with Crippen LogP contribution in [0.1, 0.15) is 16.9 Å². The number of anilines is 1. The molecule has 0 aliphatic carbocycles. The van der Waals surface area contributed by atoms with Crippen molar-refractivity contribution in [2.45, 2.75) is 12.5 Å². The van der Waals surface area contributed by atoms with Crippen molar-refractivity contribution in [1.29, 1.82) is 0 Å². The van der Waals surface area contributed by atoms with Gasteiger partial charge in [-0.25, -0.2) is 18.4 Å². The van der Waals surface area contributed by atoms with Crippen LogP contribution in [0.4, 0.5) is 5.95 Å². The monoisotopic (exact) mass is 353 g/mol. The standard InChI is InChI=1S/C15H23N5O3S/c1-18-6-8-20(9-7-18)15-16-5-3-13(17-15)14(21)19(2)12-4-10-24(22,23)11-12/h3,5,12H,4,6-11H2,1-2H3. The van der Waals surface area contributed by atoms with Crippen LogP contribution in [0.3, 0.4) is 0 Å². The van der Waals surface area contributed by atoms with Crippen LogP contribution in [0.15, 0.2) is 12.3 Å². The average Bonchev–Trinajstić information content (AvgIpc) is 2.94. The van der Waals surface area contributed by atoms with Crippen LogP contribution < -0.4 is 4.90 Å². The minimum absolute atomic E-state index is 0.0334. The van der Waals surface area contributed by atoms with E-state index in [2.05, 4.69) is 26.8 Å². The van der Waals surface area contributed by atoms with E-state index in [0.29, 0.717) is 18.1 Å². The van der Waals surface area contributed by atoms with E-state index in [1.807, 2.05) is 0 Å². The predicted molar refractivity (Wildman–Crippen MR) is 90.9 cm³/mol. The molecular formula is C15H23N5O3S. The Labute approximate surface area is 142 Å². The zero-order valence-corrected chi connectivity index (χ0v) is 14.9. The maximum Gasteiger partial charge on any atom is 0.272 e. The third-order valence-corrected chi connectivity index (χ3v) is 6.47. The second-order valence-corrected chi connectivity index (χ2v) is 8.73. The summed E-state index contributed by atoms with van der Waals surface area (Å²) >= 11 is 0. The maximum atomic E-state index is 12.6. The van der Waals surface area contributed by atoms with Crippen LogP contribution in [0.25, 0.3) is 0 Å². The second-order valence-electron chi connectivity index (χ2n) is 6.51. The van der Waals surface area contributed by atoms with Crippen LogP contribution in [0.5, 0.6) is 0 Å². The molecule has 1 aromatic heterocycles. The van der Waals surface area contributed by atoms with Crippen molar-refractivity contribution in [2.24, 2.45) is 0 Å². The van der Waals surface area contributed by atoms with E-state index in [1.165, 1.54) is 4.90 Å². The predicted octanol–water partition coefficient (Wildman–Crippen LogP) is -0.512. The first-order chi connectivity index (χ1) is 11.4. The lowest BCUT2D eigenvalue weighted by Gasteiger charge is -2.32. The van der Waals surface area contributed by atoms with Crippen molar-refractivity contribution < 1.29 is 13.2 Å². The Kier molecular flexibility index (Phi) is 4.73. The van der Waals surface area contributed by atoms with Gasteiger partial charge in [-0.1, -0.05) is 0 Å². The summed E-state index contributed by atoms with van der Waals surface area (Å²) in [4.78, 5) is 27.1. The largest absolute Gasteiger partial charge is 0.338 e. The molecule has 2 saturated heterocycles. The SMILES string of the molecule is CN1CCN(c2nccc(C(=O)N(C)C3CCS(=O)(=O)C3)n2)CC1. The molecule has 3 rings (SSSR count). The minimum atomic E-state index is -3.03. The smallest absolute Gasteiger partial charge is 0.272 e. The van der Waals surface area contributed by atoms with E-state index in [1.54, 1.807) is 19.3 Å². The first-order valence-corrected chi connectivity index (χ1v) is 9.92. The molecule has 0 aromatic carbocycles. The summed E-state index contributed by atoms with van der Waals surface area (Å²) in [6, 6.07) is 1.31. The number of carbonyl (C=O) groups excluding carboxylic acids is 1. The van der Waals surface area contributed by atoms with E-state index in [0.717, 1.165) is 26.2 Å². The number of sulfone groups is 1. The number of hydrogen-bond acceptors (Lipinski definition) is 7. The molecule has 2 fully saturated rings. The fraction of sp³-hybridized carbons (Fsp3) is 0.667. The average molecular weight is 353 g/mol. The Hall–Kier alpha value is -1.74. The first kappa shape index (κ1) is 17.1. The summed E-state index contributed by atoms with van der Waals surface area (Å²) in [6.07, 6.45) is 2.08. The molecule has 24 heavy (non-hydrogen) atoms. The van der Waals surface area contributed by atoms with Gasteiger partial charge in [-0.2, -0.15) is 0 Å². The highest BCUT2D eigenvalue weighted by Gasteiger charge is 2.33. The Morgan fingerprint density at radius 3 is 2.62 bits per heavy atom. The second kappa shape index (κ2) is 6.64.